The largest absolute Gasteiger partial charge is 0.493 e. The minimum Gasteiger partial charge on any atom is -0.493 e. The quantitative estimate of drug-likeness (QED) is 0.449. The highest BCUT2D eigenvalue weighted by Gasteiger charge is 2.04. The molecule has 2 aromatic rings. The van der Waals surface area contributed by atoms with Crippen LogP contribution >= 0.6 is 24.0 Å². The maximum Gasteiger partial charge on any atom is 0.193 e. The van der Waals surface area contributed by atoms with Gasteiger partial charge in [-0.15, -0.1) is 24.0 Å². The van der Waals surface area contributed by atoms with Gasteiger partial charge in [0.05, 0.1) is 20.8 Å². The Labute approximate surface area is 147 Å². The van der Waals surface area contributed by atoms with Gasteiger partial charge in [-0.3, -0.25) is 0 Å². The Morgan fingerprint density at radius 2 is 1.73 bits per heavy atom. The van der Waals surface area contributed by atoms with Gasteiger partial charge in [0.15, 0.2) is 17.5 Å². The fraction of sp³-hybridized carbons (Fsp3) is 0.188. The molecular weight excluding hydrogens is 393 g/mol. The van der Waals surface area contributed by atoms with Gasteiger partial charge in [0.1, 0.15) is 0 Å². The molecule has 0 heterocycles. The van der Waals surface area contributed by atoms with Crippen molar-refractivity contribution in [2.24, 2.45) is 10.7 Å². The normalized spacial score (nSPS) is 10.5. The third-order valence-electron chi connectivity index (χ3n) is 2.93. The molecule has 0 spiro atoms. The van der Waals surface area contributed by atoms with Crippen LogP contribution in [0.2, 0.25) is 0 Å². The first kappa shape index (κ1) is 18.1. The summed E-state index contributed by atoms with van der Waals surface area (Å²) in [6.07, 6.45) is 0. The van der Waals surface area contributed by atoms with Crippen LogP contribution in [0, 0.1) is 0 Å². The SMILES string of the molecule is COc1ccc(NC(N)=NCc2ccccc2)cc1OC.I. The molecular formula is C16H20IN3O2. The van der Waals surface area contributed by atoms with Crippen LogP contribution in [-0.2, 0) is 6.54 Å². The number of rotatable bonds is 5. The lowest BCUT2D eigenvalue weighted by Gasteiger charge is -2.10. The van der Waals surface area contributed by atoms with Gasteiger partial charge in [0.2, 0.25) is 0 Å². The van der Waals surface area contributed by atoms with Gasteiger partial charge >= 0.3 is 0 Å². The minimum atomic E-state index is 0. The highest BCUT2D eigenvalue weighted by molar-refractivity contribution is 14.0. The van der Waals surface area contributed by atoms with Gasteiger partial charge < -0.3 is 20.5 Å². The van der Waals surface area contributed by atoms with Crippen molar-refractivity contribution >= 4 is 35.6 Å². The molecule has 0 saturated carbocycles. The molecule has 2 aromatic carbocycles. The van der Waals surface area contributed by atoms with Crippen molar-refractivity contribution in [3.63, 3.8) is 0 Å². The van der Waals surface area contributed by atoms with Gasteiger partial charge in [-0.1, -0.05) is 30.3 Å². The number of guanidine groups is 1. The molecule has 5 nitrogen and oxygen atoms in total. The van der Waals surface area contributed by atoms with Gasteiger partial charge in [-0.05, 0) is 17.7 Å². The second-order valence-electron chi connectivity index (χ2n) is 4.38. The Morgan fingerprint density at radius 3 is 2.36 bits per heavy atom. The van der Waals surface area contributed by atoms with Crippen LogP contribution in [-0.4, -0.2) is 20.2 Å². The summed E-state index contributed by atoms with van der Waals surface area (Å²) in [7, 11) is 3.19. The second-order valence-corrected chi connectivity index (χ2v) is 4.38. The fourth-order valence-corrected chi connectivity index (χ4v) is 1.86. The van der Waals surface area contributed by atoms with Crippen molar-refractivity contribution in [2.75, 3.05) is 19.5 Å². The van der Waals surface area contributed by atoms with E-state index in [9.17, 15) is 0 Å². The highest BCUT2D eigenvalue weighted by Crippen LogP contribution is 2.29. The average molecular weight is 413 g/mol. The number of benzene rings is 2. The number of nitrogens with two attached hydrogens (primary N) is 1. The monoisotopic (exact) mass is 413 g/mol. The Hall–Kier alpha value is -1.96. The van der Waals surface area contributed by atoms with E-state index in [0.29, 0.717) is 24.0 Å². The van der Waals surface area contributed by atoms with Crippen LogP contribution < -0.4 is 20.5 Å². The summed E-state index contributed by atoms with van der Waals surface area (Å²) in [5.74, 6) is 1.66. The molecule has 0 radical (unpaired) electrons. The summed E-state index contributed by atoms with van der Waals surface area (Å²) >= 11 is 0. The Bertz CT molecular complexity index is 618. The summed E-state index contributed by atoms with van der Waals surface area (Å²) < 4.78 is 10.4. The maximum atomic E-state index is 5.88. The smallest absolute Gasteiger partial charge is 0.193 e. The van der Waals surface area contributed by atoms with E-state index in [-0.39, 0.29) is 24.0 Å². The topological polar surface area (TPSA) is 68.9 Å². The first-order valence-electron chi connectivity index (χ1n) is 6.56. The van der Waals surface area contributed by atoms with Crippen molar-refractivity contribution in [3.05, 3.63) is 54.1 Å². The summed E-state index contributed by atoms with van der Waals surface area (Å²) in [6, 6.07) is 15.4. The lowest BCUT2D eigenvalue weighted by atomic mass is 10.2. The van der Waals surface area contributed by atoms with Gasteiger partial charge in [0, 0.05) is 11.8 Å². The fourth-order valence-electron chi connectivity index (χ4n) is 1.86. The summed E-state index contributed by atoms with van der Waals surface area (Å²) in [5, 5.41) is 3.03. The van der Waals surface area contributed by atoms with Crippen LogP contribution in [0.15, 0.2) is 53.5 Å². The summed E-state index contributed by atoms with van der Waals surface area (Å²) in [6.45, 7) is 0.535. The van der Waals surface area contributed by atoms with E-state index in [1.54, 1.807) is 14.2 Å². The van der Waals surface area contributed by atoms with Crippen molar-refractivity contribution in [3.8, 4) is 11.5 Å². The first-order valence-corrected chi connectivity index (χ1v) is 6.56. The third-order valence-corrected chi connectivity index (χ3v) is 2.93. The van der Waals surface area contributed by atoms with E-state index in [1.807, 2.05) is 48.5 Å². The first-order chi connectivity index (χ1) is 10.2. The predicted molar refractivity (Wildman–Crippen MR) is 100 cm³/mol. The summed E-state index contributed by atoms with van der Waals surface area (Å²) in [5.41, 5.74) is 7.78. The molecule has 0 amide bonds. The number of hydrogen-bond donors (Lipinski definition) is 2. The zero-order valence-corrected chi connectivity index (χ0v) is 14.9. The molecule has 22 heavy (non-hydrogen) atoms. The molecule has 0 aliphatic carbocycles. The van der Waals surface area contributed by atoms with Gasteiger partial charge in [0.25, 0.3) is 0 Å². The van der Waals surface area contributed by atoms with Crippen LogP contribution in [0.1, 0.15) is 5.56 Å². The van der Waals surface area contributed by atoms with Crippen molar-refractivity contribution in [1.82, 2.24) is 0 Å². The van der Waals surface area contributed by atoms with Crippen LogP contribution in [0.3, 0.4) is 0 Å². The van der Waals surface area contributed by atoms with Crippen LogP contribution in [0.5, 0.6) is 11.5 Å². The molecule has 0 bridgehead atoms. The number of ether oxygens (including phenoxy) is 2. The number of methoxy groups -OCH3 is 2. The van der Waals surface area contributed by atoms with Gasteiger partial charge in [-0.2, -0.15) is 0 Å². The van der Waals surface area contributed by atoms with E-state index < -0.39 is 0 Å². The zero-order chi connectivity index (χ0) is 15.1. The molecule has 0 aliphatic heterocycles. The maximum absolute atomic E-state index is 5.88. The molecule has 0 saturated heterocycles. The standard InChI is InChI=1S/C16H19N3O2.HI/c1-20-14-9-8-13(10-15(14)21-2)19-16(17)18-11-12-6-4-3-5-7-12;/h3-10H,11H2,1-2H3,(H3,17,18,19);1H. The number of aliphatic imine (C=N–C) groups is 1. The minimum absolute atomic E-state index is 0. The second kappa shape index (κ2) is 9.14. The Balaban J connectivity index is 0.00000242. The number of anilines is 1. The van der Waals surface area contributed by atoms with E-state index >= 15 is 0 Å². The van der Waals surface area contributed by atoms with Crippen molar-refractivity contribution < 1.29 is 9.47 Å². The molecule has 0 aliphatic rings. The number of hydrogen-bond acceptors (Lipinski definition) is 3. The zero-order valence-electron chi connectivity index (χ0n) is 12.6. The Kier molecular flexibility index (Phi) is 7.51. The predicted octanol–water partition coefficient (Wildman–Crippen LogP) is 3.25. The lowest BCUT2D eigenvalue weighted by Crippen LogP contribution is -2.22. The van der Waals surface area contributed by atoms with Crippen molar-refractivity contribution in [1.29, 1.82) is 0 Å². The van der Waals surface area contributed by atoms with Crippen LogP contribution in [0.4, 0.5) is 5.69 Å². The van der Waals surface area contributed by atoms with E-state index in [1.165, 1.54) is 0 Å². The third kappa shape index (κ3) is 5.10. The number of halogens is 1. The van der Waals surface area contributed by atoms with E-state index in [2.05, 4.69) is 10.3 Å². The van der Waals surface area contributed by atoms with Gasteiger partial charge in [-0.25, -0.2) is 4.99 Å². The highest BCUT2D eigenvalue weighted by atomic mass is 127. The summed E-state index contributed by atoms with van der Waals surface area (Å²) in [4.78, 5) is 4.30. The molecule has 3 N–H and O–H groups in total. The van der Waals surface area contributed by atoms with Crippen LogP contribution in [0.25, 0.3) is 0 Å². The lowest BCUT2D eigenvalue weighted by molar-refractivity contribution is 0.355. The van der Waals surface area contributed by atoms with Crippen molar-refractivity contribution in [2.45, 2.75) is 6.54 Å². The van der Waals surface area contributed by atoms with E-state index in [0.717, 1.165) is 11.3 Å². The van der Waals surface area contributed by atoms with E-state index in [4.69, 9.17) is 15.2 Å². The molecule has 2 rings (SSSR count). The molecule has 0 fully saturated rings. The molecule has 0 unspecified atom stereocenters. The molecule has 0 aromatic heterocycles. The number of nitrogens with zero attached hydrogens (tertiary/aromatic N) is 1. The average Bonchev–Trinajstić information content (AvgIpc) is 2.53. The molecule has 6 heteroatoms. The molecule has 118 valence electrons. The molecule has 0 atom stereocenters. The number of nitrogens with one attached hydrogen (secondary N) is 1. The Morgan fingerprint density at radius 1 is 1.05 bits per heavy atom.